The molecule has 0 radical (unpaired) electrons. The number of hydrogen-bond donors (Lipinski definition) is 2. The van der Waals surface area contributed by atoms with Crippen molar-refractivity contribution >= 4 is 23.8 Å². The third-order valence-corrected chi connectivity index (χ3v) is 1.66. The van der Waals surface area contributed by atoms with E-state index in [2.05, 4.69) is 0 Å². The van der Waals surface area contributed by atoms with Gasteiger partial charge in [-0.3, -0.25) is 0 Å². The molecule has 0 amide bonds. The standard InChI is InChI=1S/C8H14N4.ClH/c1-11(2)7-3-5-8(6-4-7)12(9)10;/h3-6H,9-10H2,1-2H3;1H. The first-order chi connectivity index (χ1) is 5.61. The fraction of sp³-hybridized carbons (Fsp3) is 0.250. The van der Waals surface area contributed by atoms with Gasteiger partial charge in [0.05, 0.1) is 5.69 Å². The van der Waals surface area contributed by atoms with Crippen LogP contribution < -0.4 is 21.7 Å². The van der Waals surface area contributed by atoms with E-state index in [9.17, 15) is 0 Å². The minimum absolute atomic E-state index is 0. The Labute approximate surface area is 84.5 Å². The summed E-state index contributed by atoms with van der Waals surface area (Å²) in [5.41, 5.74) is 1.92. The maximum Gasteiger partial charge on any atom is 0.0698 e. The van der Waals surface area contributed by atoms with Crippen LogP contribution >= 0.6 is 12.4 Å². The van der Waals surface area contributed by atoms with Gasteiger partial charge in [-0.2, -0.15) is 0 Å². The van der Waals surface area contributed by atoms with Crippen LogP contribution in [0.1, 0.15) is 0 Å². The molecule has 1 aromatic carbocycles. The maximum absolute atomic E-state index is 5.34. The van der Waals surface area contributed by atoms with Crippen molar-refractivity contribution in [2.24, 2.45) is 11.7 Å². The van der Waals surface area contributed by atoms with E-state index in [1.54, 1.807) is 0 Å². The summed E-state index contributed by atoms with van der Waals surface area (Å²) in [6.45, 7) is 0. The quantitative estimate of drug-likeness (QED) is 0.549. The van der Waals surface area contributed by atoms with Crippen LogP contribution in [-0.4, -0.2) is 14.1 Å². The summed E-state index contributed by atoms with van der Waals surface area (Å²) in [7, 11) is 3.97. The first kappa shape index (κ1) is 12.0. The van der Waals surface area contributed by atoms with Crippen LogP contribution in [-0.2, 0) is 0 Å². The molecule has 1 rings (SSSR count). The van der Waals surface area contributed by atoms with Crippen molar-refractivity contribution < 1.29 is 0 Å². The molecular formula is C8H15ClN4. The summed E-state index contributed by atoms with van der Waals surface area (Å²) in [5, 5.41) is 1.10. The Bertz CT molecular complexity index is 218. The largest absolute Gasteiger partial charge is 0.378 e. The molecule has 4 nitrogen and oxygen atoms in total. The number of rotatable bonds is 2. The SMILES string of the molecule is CN(C)c1ccc(N(N)N)cc1.Cl. The molecule has 13 heavy (non-hydrogen) atoms. The topological polar surface area (TPSA) is 58.5 Å². The van der Waals surface area contributed by atoms with Gasteiger partial charge in [-0.15, -0.1) is 12.4 Å². The van der Waals surface area contributed by atoms with Crippen molar-refractivity contribution in [2.75, 3.05) is 24.1 Å². The average molecular weight is 203 g/mol. The van der Waals surface area contributed by atoms with Crippen molar-refractivity contribution in [3.8, 4) is 0 Å². The molecule has 0 bridgehead atoms. The fourth-order valence-electron chi connectivity index (χ4n) is 0.923. The summed E-state index contributed by atoms with van der Waals surface area (Å²) < 4.78 is 0. The predicted molar refractivity (Wildman–Crippen MR) is 58.9 cm³/mol. The van der Waals surface area contributed by atoms with Crippen molar-refractivity contribution in [1.82, 2.24) is 0 Å². The Morgan fingerprint density at radius 1 is 0.923 bits per heavy atom. The van der Waals surface area contributed by atoms with Gasteiger partial charge >= 0.3 is 0 Å². The minimum Gasteiger partial charge on any atom is -0.378 e. The smallest absolute Gasteiger partial charge is 0.0698 e. The molecule has 0 aliphatic rings. The number of nitrogens with zero attached hydrogens (tertiary/aromatic N) is 2. The van der Waals surface area contributed by atoms with Crippen LogP contribution in [0.15, 0.2) is 24.3 Å². The lowest BCUT2D eigenvalue weighted by atomic mass is 10.3. The molecule has 0 spiro atoms. The van der Waals surface area contributed by atoms with Crippen molar-refractivity contribution in [3.05, 3.63) is 24.3 Å². The number of hydrazine groups is 2. The Hall–Kier alpha value is -0.970. The third-order valence-electron chi connectivity index (χ3n) is 1.66. The molecule has 0 unspecified atom stereocenters. The summed E-state index contributed by atoms with van der Waals surface area (Å²) in [4.78, 5) is 2.02. The Balaban J connectivity index is 0.00000144. The molecule has 0 heterocycles. The number of anilines is 2. The highest BCUT2D eigenvalue weighted by atomic mass is 35.5. The number of hydrogen-bond acceptors (Lipinski definition) is 4. The van der Waals surface area contributed by atoms with E-state index < -0.39 is 0 Å². The molecule has 0 saturated carbocycles. The van der Waals surface area contributed by atoms with Crippen molar-refractivity contribution in [1.29, 1.82) is 0 Å². The van der Waals surface area contributed by atoms with Crippen LogP contribution in [0.3, 0.4) is 0 Å². The highest BCUT2D eigenvalue weighted by Crippen LogP contribution is 2.15. The number of halogens is 1. The molecule has 5 heteroatoms. The van der Waals surface area contributed by atoms with Crippen LogP contribution in [0, 0.1) is 0 Å². The molecule has 4 N–H and O–H groups in total. The lowest BCUT2D eigenvalue weighted by Gasteiger charge is -2.15. The molecule has 0 saturated heterocycles. The zero-order chi connectivity index (χ0) is 9.14. The van der Waals surface area contributed by atoms with E-state index in [4.69, 9.17) is 11.7 Å². The Kier molecular flexibility index (Phi) is 4.55. The second-order valence-corrected chi connectivity index (χ2v) is 2.82. The molecule has 0 atom stereocenters. The molecule has 0 aromatic heterocycles. The van der Waals surface area contributed by atoms with Gasteiger partial charge in [-0.25, -0.2) is 16.8 Å². The van der Waals surface area contributed by atoms with Gasteiger partial charge < -0.3 is 4.90 Å². The van der Waals surface area contributed by atoms with Gasteiger partial charge in [0, 0.05) is 19.8 Å². The van der Waals surface area contributed by atoms with Crippen molar-refractivity contribution in [3.63, 3.8) is 0 Å². The average Bonchev–Trinajstić information content (AvgIpc) is 2.04. The zero-order valence-electron chi connectivity index (χ0n) is 7.77. The summed E-state index contributed by atoms with van der Waals surface area (Å²) in [6, 6.07) is 7.66. The highest BCUT2D eigenvalue weighted by Gasteiger charge is 1.96. The van der Waals surface area contributed by atoms with Gasteiger partial charge in [0.2, 0.25) is 0 Å². The summed E-state index contributed by atoms with van der Waals surface area (Å²) in [5.74, 6) is 10.7. The lowest BCUT2D eigenvalue weighted by Crippen LogP contribution is -2.37. The molecule has 0 aliphatic carbocycles. The van der Waals surface area contributed by atoms with Gasteiger partial charge in [0.1, 0.15) is 0 Å². The van der Waals surface area contributed by atoms with E-state index >= 15 is 0 Å². The summed E-state index contributed by atoms with van der Waals surface area (Å²) >= 11 is 0. The predicted octanol–water partition coefficient (Wildman–Crippen LogP) is 0.728. The first-order valence-corrected chi connectivity index (χ1v) is 3.68. The Morgan fingerprint density at radius 2 is 1.31 bits per heavy atom. The van der Waals surface area contributed by atoms with Crippen LogP contribution in [0.5, 0.6) is 0 Å². The molecule has 1 aromatic rings. The van der Waals surface area contributed by atoms with Crippen LogP contribution in [0.4, 0.5) is 11.4 Å². The van der Waals surface area contributed by atoms with Gasteiger partial charge in [0.15, 0.2) is 0 Å². The van der Waals surface area contributed by atoms with E-state index in [-0.39, 0.29) is 12.4 Å². The summed E-state index contributed by atoms with van der Waals surface area (Å²) in [6.07, 6.45) is 0. The van der Waals surface area contributed by atoms with Gasteiger partial charge in [-0.05, 0) is 24.3 Å². The normalized spacial score (nSPS) is 8.92. The zero-order valence-corrected chi connectivity index (χ0v) is 8.58. The minimum atomic E-state index is 0. The molecule has 0 aliphatic heterocycles. The van der Waals surface area contributed by atoms with E-state index in [1.165, 1.54) is 0 Å². The maximum atomic E-state index is 5.34. The van der Waals surface area contributed by atoms with Crippen molar-refractivity contribution in [2.45, 2.75) is 0 Å². The van der Waals surface area contributed by atoms with E-state index in [0.29, 0.717) is 0 Å². The monoisotopic (exact) mass is 202 g/mol. The van der Waals surface area contributed by atoms with Gasteiger partial charge in [-0.1, -0.05) is 0 Å². The second kappa shape index (κ2) is 4.91. The van der Waals surface area contributed by atoms with Crippen LogP contribution in [0.2, 0.25) is 0 Å². The van der Waals surface area contributed by atoms with E-state index in [1.807, 2.05) is 43.3 Å². The fourth-order valence-corrected chi connectivity index (χ4v) is 0.923. The number of nitrogens with two attached hydrogens (primary N) is 2. The second-order valence-electron chi connectivity index (χ2n) is 2.82. The molecular weight excluding hydrogens is 188 g/mol. The van der Waals surface area contributed by atoms with Gasteiger partial charge in [0.25, 0.3) is 0 Å². The van der Waals surface area contributed by atoms with E-state index in [0.717, 1.165) is 16.5 Å². The molecule has 0 fully saturated rings. The highest BCUT2D eigenvalue weighted by molar-refractivity contribution is 5.85. The molecule has 74 valence electrons. The third kappa shape index (κ3) is 3.10. The number of benzene rings is 1. The van der Waals surface area contributed by atoms with Crippen LogP contribution in [0.25, 0.3) is 0 Å². The first-order valence-electron chi connectivity index (χ1n) is 3.68. The lowest BCUT2D eigenvalue weighted by molar-refractivity contribution is 0.924. The Morgan fingerprint density at radius 3 is 1.62 bits per heavy atom.